The van der Waals surface area contributed by atoms with Crippen LogP contribution in [-0.2, 0) is 16.4 Å². The zero-order valence-corrected chi connectivity index (χ0v) is 11.9. The van der Waals surface area contributed by atoms with Crippen LogP contribution in [0, 0.1) is 12.5 Å². The molecule has 2 rings (SSSR count). The topological polar surface area (TPSA) is 46.2 Å². The summed E-state index contributed by atoms with van der Waals surface area (Å²) < 4.78 is 26.3. The van der Waals surface area contributed by atoms with Gasteiger partial charge in [0.1, 0.15) is 0 Å². The molecule has 0 aliphatic rings. The van der Waals surface area contributed by atoms with Gasteiger partial charge in [0.2, 0.25) is 0 Å². The molecule has 0 saturated carbocycles. The molecule has 0 saturated heterocycles. The van der Waals surface area contributed by atoms with Gasteiger partial charge in [-0.05, 0) is 23.6 Å². The van der Waals surface area contributed by atoms with Gasteiger partial charge in [-0.2, -0.15) is 0 Å². The average molecular weight is 285 g/mol. The van der Waals surface area contributed by atoms with E-state index in [4.69, 9.17) is 6.42 Å². The van der Waals surface area contributed by atoms with Crippen molar-refractivity contribution in [3.8, 4) is 23.6 Å². The monoisotopic (exact) mass is 285 g/mol. The van der Waals surface area contributed by atoms with Gasteiger partial charge in [-0.25, -0.2) is 13.1 Å². The third-order valence-electron chi connectivity index (χ3n) is 3.04. The Labute approximate surface area is 119 Å². The molecular weight excluding hydrogens is 270 g/mol. The Morgan fingerprint density at radius 2 is 1.75 bits per heavy atom. The van der Waals surface area contributed by atoms with Crippen LogP contribution in [-0.4, -0.2) is 8.42 Å². The smallest absolute Gasteiger partial charge is 0.238 e. The second kappa shape index (κ2) is 5.81. The lowest BCUT2D eigenvalue weighted by Crippen LogP contribution is -2.18. The summed E-state index contributed by atoms with van der Waals surface area (Å²) in [6.07, 6.45) is 5.98. The second-order valence-corrected chi connectivity index (χ2v) is 5.95. The van der Waals surface area contributed by atoms with Crippen LogP contribution in [0.2, 0.25) is 0 Å². The van der Waals surface area contributed by atoms with Crippen LogP contribution < -0.4 is 4.72 Å². The lowest BCUT2D eigenvalue weighted by Gasteiger charge is -2.10. The maximum absolute atomic E-state index is 12.1. The summed E-state index contributed by atoms with van der Waals surface area (Å²) in [6, 6.07) is 16.6. The molecule has 0 aliphatic carbocycles. The predicted octanol–water partition coefficient (Wildman–Crippen LogP) is 2.79. The van der Waals surface area contributed by atoms with Crippen LogP contribution in [0.5, 0.6) is 0 Å². The standard InChI is InChI=1S/C16H15NO2S/c1-3-13-9-11-14(12-10-13)15-7-5-6-8-16(15)20(18,19)17-4-2/h2,5-12,17H,3H2,1H3. The van der Waals surface area contributed by atoms with Crippen molar-refractivity contribution in [2.45, 2.75) is 18.2 Å². The van der Waals surface area contributed by atoms with E-state index in [0.29, 0.717) is 5.56 Å². The molecule has 0 amide bonds. The minimum atomic E-state index is -3.69. The van der Waals surface area contributed by atoms with Crippen molar-refractivity contribution in [2.75, 3.05) is 0 Å². The molecule has 0 aromatic heterocycles. The summed E-state index contributed by atoms with van der Waals surface area (Å²) in [5, 5.41) is 0. The predicted molar refractivity (Wildman–Crippen MR) is 80.4 cm³/mol. The molecule has 2 aromatic rings. The SMILES string of the molecule is C#CNS(=O)(=O)c1ccccc1-c1ccc(CC)cc1. The molecular formula is C16H15NO2S. The number of sulfonamides is 1. The van der Waals surface area contributed by atoms with E-state index in [1.807, 2.05) is 30.3 Å². The summed E-state index contributed by atoms with van der Waals surface area (Å²) >= 11 is 0. The van der Waals surface area contributed by atoms with Gasteiger partial charge in [-0.3, -0.25) is 0 Å². The molecule has 0 atom stereocenters. The fourth-order valence-corrected chi connectivity index (χ4v) is 2.99. The fourth-order valence-electron chi connectivity index (χ4n) is 1.99. The molecule has 0 aliphatic heterocycles. The maximum Gasteiger partial charge on any atom is 0.269 e. The number of nitrogens with one attached hydrogen (secondary N) is 1. The Morgan fingerprint density at radius 3 is 2.35 bits per heavy atom. The first-order chi connectivity index (χ1) is 9.58. The second-order valence-electron chi connectivity index (χ2n) is 4.30. The van der Waals surface area contributed by atoms with Gasteiger partial charge in [0.15, 0.2) is 0 Å². The highest BCUT2D eigenvalue weighted by atomic mass is 32.2. The number of hydrogen-bond donors (Lipinski definition) is 1. The van der Waals surface area contributed by atoms with Crippen molar-refractivity contribution < 1.29 is 8.42 Å². The van der Waals surface area contributed by atoms with Gasteiger partial charge in [0, 0.05) is 11.6 Å². The molecule has 0 unspecified atom stereocenters. The maximum atomic E-state index is 12.1. The van der Waals surface area contributed by atoms with Crippen LogP contribution in [0.3, 0.4) is 0 Å². The van der Waals surface area contributed by atoms with Crippen LogP contribution in [0.15, 0.2) is 53.4 Å². The van der Waals surface area contributed by atoms with Crippen LogP contribution in [0.1, 0.15) is 12.5 Å². The molecule has 0 spiro atoms. The summed E-state index contributed by atoms with van der Waals surface area (Å²) in [5.74, 6) is 0. The first-order valence-electron chi connectivity index (χ1n) is 6.24. The van der Waals surface area contributed by atoms with Gasteiger partial charge in [-0.1, -0.05) is 55.8 Å². The summed E-state index contributed by atoms with van der Waals surface area (Å²) in [7, 11) is -3.69. The average Bonchev–Trinajstić information content (AvgIpc) is 2.47. The molecule has 0 heterocycles. The Balaban J connectivity index is 2.55. The van der Waals surface area contributed by atoms with Crippen molar-refractivity contribution in [1.29, 1.82) is 0 Å². The van der Waals surface area contributed by atoms with Crippen molar-refractivity contribution in [1.82, 2.24) is 4.72 Å². The summed E-state index contributed by atoms with van der Waals surface area (Å²) in [4.78, 5) is 0.183. The summed E-state index contributed by atoms with van der Waals surface area (Å²) in [6.45, 7) is 2.07. The molecule has 3 nitrogen and oxygen atoms in total. The molecule has 2 aromatic carbocycles. The third kappa shape index (κ3) is 2.84. The molecule has 102 valence electrons. The number of terminal acetylenes is 1. The van der Waals surface area contributed by atoms with Gasteiger partial charge in [-0.15, -0.1) is 0 Å². The first kappa shape index (κ1) is 14.2. The number of aryl methyl sites for hydroxylation is 1. The highest BCUT2D eigenvalue weighted by Gasteiger charge is 2.17. The van der Waals surface area contributed by atoms with Gasteiger partial charge in [0.05, 0.1) is 4.90 Å². The summed E-state index contributed by atoms with van der Waals surface area (Å²) in [5.41, 5.74) is 2.69. The van der Waals surface area contributed by atoms with E-state index < -0.39 is 10.0 Å². The van der Waals surface area contributed by atoms with E-state index in [1.165, 1.54) is 5.56 Å². The highest BCUT2D eigenvalue weighted by molar-refractivity contribution is 7.89. The number of hydrogen-bond acceptors (Lipinski definition) is 2. The number of benzene rings is 2. The lowest BCUT2D eigenvalue weighted by atomic mass is 10.0. The zero-order chi connectivity index (χ0) is 14.6. The lowest BCUT2D eigenvalue weighted by molar-refractivity contribution is 0.592. The highest BCUT2D eigenvalue weighted by Crippen LogP contribution is 2.27. The van der Waals surface area contributed by atoms with E-state index in [2.05, 4.69) is 11.6 Å². The molecule has 0 fully saturated rings. The van der Waals surface area contributed by atoms with E-state index in [9.17, 15) is 8.42 Å². The first-order valence-corrected chi connectivity index (χ1v) is 7.72. The van der Waals surface area contributed by atoms with Gasteiger partial charge < -0.3 is 0 Å². The normalized spacial score (nSPS) is 10.8. The Hall–Kier alpha value is -2.25. The van der Waals surface area contributed by atoms with Crippen molar-refractivity contribution >= 4 is 10.0 Å². The molecule has 20 heavy (non-hydrogen) atoms. The van der Waals surface area contributed by atoms with E-state index in [0.717, 1.165) is 12.0 Å². The van der Waals surface area contributed by atoms with Crippen LogP contribution in [0.25, 0.3) is 11.1 Å². The Morgan fingerprint density at radius 1 is 1.10 bits per heavy atom. The van der Waals surface area contributed by atoms with E-state index in [-0.39, 0.29) is 4.90 Å². The largest absolute Gasteiger partial charge is 0.269 e. The Bertz CT molecular complexity index is 741. The van der Waals surface area contributed by atoms with E-state index in [1.54, 1.807) is 24.3 Å². The molecule has 0 radical (unpaired) electrons. The molecule has 1 N–H and O–H groups in total. The Kier molecular flexibility index (Phi) is 4.11. The fraction of sp³-hybridized carbons (Fsp3) is 0.125. The van der Waals surface area contributed by atoms with Crippen molar-refractivity contribution in [2.24, 2.45) is 0 Å². The van der Waals surface area contributed by atoms with Crippen LogP contribution >= 0.6 is 0 Å². The third-order valence-corrected chi connectivity index (χ3v) is 4.36. The molecule has 0 bridgehead atoms. The quantitative estimate of drug-likeness (QED) is 0.693. The minimum Gasteiger partial charge on any atom is -0.238 e. The van der Waals surface area contributed by atoms with Crippen molar-refractivity contribution in [3.05, 3.63) is 54.1 Å². The zero-order valence-electron chi connectivity index (χ0n) is 11.1. The van der Waals surface area contributed by atoms with Crippen LogP contribution in [0.4, 0.5) is 0 Å². The van der Waals surface area contributed by atoms with E-state index >= 15 is 0 Å². The molecule has 4 heteroatoms. The minimum absolute atomic E-state index is 0.183. The number of rotatable bonds is 4. The van der Waals surface area contributed by atoms with Gasteiger partial charge >= 0.3 is 0 Å². The van der Waals surface area contributed by atoms with Crippen molar-refractivity contribution in [3.63, 3.8) is 0 Å². The van der Waals surface area contributed by atoms with Gasteiger partial charge in [0.25, 0.3) is 10.0 Å².